The highest BCUT2D eigenvalue weighted by atomic mass is 35.6. The number of aliphatic hydroxyl groups is 1. The third-order valence-corrected chi connectivity index (χ3v) is 1.47. The lowest BCUT2D eigenvalue weighted by Crippen LogP contribution is -1.96. The van der Waals surface area contributed by atoms with Gasteiger partial charge in [0.25, 0.3) is 0 Å². The van der Waals surface area contributed by atoms with Gasteiger partial charge in [-0.25, -0.2) is 0 Å². The number of halogens is 3. The molecule has 98 valence electrons. The van der Waals surface area contributed by atoms with E-state index in [1.54, 1.807) is 0 Å². The fourth-order valence-electron chi connectivity index (χ4n) is 0.896. The average Bonchev–Trinajstić information content (AvgIpc) is 2.30. The summed E-state index contributed by atoms with van der Waals surface area (Å²) in [6, 6.07) is 9.62. The van der Waals surface area contributed by atoms with E-state index in [9.17, 15) is 4.79 Å². The molecule has 0 fully saturated rings. The van der Waals surface area contributed by atoms with Crippen molar-refractivity contribution in [2.45, 2.75) is 17.1 Å². The van der Waals surface area contributed by atoms with Crippen molar-refractivity contribution in [2.24, 2.45) is 0 Å². The number of carbonyl (C=O) groups is 1. The minimum atomic E-state index is -0.750. The maximum atomic E-state index is 10.2. The minimum absolute atomic E-state index is 0.212. The first-order valence-corrected chi connectivity index (χ1v) is 5.96. The molecule has 1 rings (SSSR count). The van der Waals surface area contributed by atoms with E-state index in [-0.39, 0.29) is 6.42 Å². The summed E-state index contributed by atoms with van der Waals surface area (Å²) < 4.78 is -0.750. The summed E-state index contributed by atoms with van der Waals surface area (Å²) >= 11 is 14.4. The molecule has 0 aromatic heterocycles. The van der Waals surface area contributed by atoms with Crippen molar-refractivity contribution >= 4 is 40.8 Å². The van der Waals surface area contributed by atoms with Gasteiger partial charge in [-0.15, -0.1) is 0 Å². The lowest BCUT2D eigenvalue weighted by atomic mass is 10.1. The summed E-state index contributed by atoms with van der Waals surface area (Å²) in [7, 11) is 1.00. The van der Waals surface area contributed by atoms with Gasteiger partial charge < -0.3 is 10.2 Å². The van der Waals surface area contributed by atoms with Crippen LogP contribution in [0.1, 0.15) is 12.0 Å². The molecule has 1 aromatic carbocycles. The molecule has 0 aliphatic rings. The Kier molecular flexibility index (Phi) is 15.1. The molecule has 0 unspecified atom stereocenters. The van der Waals surface area contributed by atoms with Gasteiger partial charge in [-0.05, 0) is 12.0 Å². The van der Waals surface area contributed by atoms with Gasteiger partial charge in [0.1, 0.15) is 0 Å². The Hall–Kier alpha value is -0.480. The van der Waals surface area contributed by atoms with E-state index < -0.39 is 10.3 Å². The molecule has 0 spiro atoms. The molecular formula is C11H15Cl3O3. The number of hydrogen-bond donors (Lipinski definition) is 2. The highest BCUT2D eigenvalue weighted by Gasteiger charge is 1.96. The van der Waals surface area contributed by atoms with Crippen molar-refractivity contribution in [1.82, 2.24) is 0 Å². The second-order valence-electron chi connectivity index (χ2n) is 2.63. The van der Waals surface area contributed by atoms with Crippen LogP contribution in [0.5, 0.6) is 0 Å². The van der Waals surface area contributed by atoms with Crippen LogP contribution in [0.25, 0.3) is 0 Å². The highest BCUT2D eigenvalue weighted by molar-refractivity contribution is 6.63. The topological polar surface area (TPSA) is 57.5 Å². The van der Waals surface area contributed by atoms with Gasteiger partial charge in [0.2, 0.25) is 0 Å². The Balaban J connectivity index is 0. The number of benzene rings is 1. The monoisotopic (exact) mass is 300 g/mol. The van der Waals surface area contributed by atoms with E-state index in [0.717, 1.165) is 12.7 Å². The number of aliphatic carboxylic acids is 1. The molecule has 17 heavy (non-hydrogen) atoms. The van der Waals surface area contributed by atoms with E-state index in [1.165, 1.54) is 0 Å². The summed E-state index contributed by atoms with van der Waals surface area (Å²) in [5, 5.41) is 15.4. The van der Waals surface area contributed by atoms with Gasteiger partial charge in [0, 0.05) is 13.5 Å². The number of alkyl halides is 3. The van der Waals surface area contributed by atoms with Crippen molar-refractivity contribution in [2.75, 3.05) is 7.11 Å². The van der Waals surface area contributed by atoms with Gasteiger partial charge >= 0.3 is 5.97 Å². The SMILES string of the molecule is CO.ClC(Cl)Cl.O=C(O)CCc1ccccc1. The molecule has 1 aromatic rings. The third kappa shape index (κ3) is 18.1. The summed E-state index contributed by atoms with van der Waals surface area (Å²) in [5.74, 6) is -0.742. The van der Waals surface area contributed by atoms with Gasteiger partial charge in [-0.2, -0.15) is 0 Å². The lowest BCUT2D eigenvalue weighted by molar-refractivity contribution is -0.136. The molecule has 0 heterocycles. The predicted octanol–water partition coefficient (Wildman–Crippen LogP) is 3.30. The highest BCUT2D eigenvalue weighted by Crippen LogP contribution is 2.03. The Morgan fingerprint density at radius 1 is 1.18 bits per heavy atom. The number of aryl methyl sites for hydroxylation is 1. The van der Waals surface area contributed by atoms with Crippen LogP contribution in [0.3, 0.4) is 0 Å². The molecule has 0 bridgehead atoms. The van der Waals surface area contributed by atoms with Crippen LogP contribution < -0.4 is 0 Å². The smallest absolute Gasteiger partial charge is 0.303 e. The first-order chi connectivity index (χ1) is 8.02. The zero-order chi connectivity index (χ0) is 13.7. The van der Waals surface area contributed by atoms with Crippen LogP contribution >= 0.6 is 34.8 Å². The number of carboxylic acid groups (broad SMARTS) is 1. The molecule has 0 amide bonds. The van der Waals surface area contributed by atoms with Crippen LogP contribution in [0.15, 0.2) is 30.3 Å². The first kappa shape index (κ1) is 18.9. The fourth-order valence-corrected chi connectivity index (χ4v) is 0.896. The fraction of sp³-hybridized carbons (Fsp3) is 0.364. The van der Waals surface area contributed by atoms with Crippen LogP contribution in [0, 0.1) is 0 Å². The van der Waals surface area contributed by atoms with Gasteiger partial charge in [-0.3, -0.25) is 4.79 Å². The van der Waals surface area contributed by atoms with Gasteiger partial charge in [0.15, 0.2) is 4.30 Å². The van der Waals surface area contributed by atoms with Gasteiger partial charge in [-0.1, -0.05) is 65.1 Å². The molecule has 0 aliphatic heterocycles. The zero-order valence-electron chi connectivity index (χ0n) is 9.31. The van der Waals surface area contributed by atoms with Crippen LogP contribution in [-0.4, -0.2) is 27.6 Å². The Bertz CT molecular complexity index is 276. The lowest BCUT2D eigenvalue weighted by Gasteiger charge is -1.95. The maximum Gasteiger partial charge on any atom is 0.303 e. The Morgan fingerprint density at radius 2 is 1.59 bits per heavy atom. The normalized spacial score (nSPS) is 8.59. The van der Waals surface area contributed by atoms with Crippen LogP contribution in [0.2, 0.25) is 0 Å². The molecule has 0 saturated carbocycles. The van der Waals surface area contributed by atoms with E-state index in [1.807, 2.05) is 30.3 Å². The van der Waals surface area contributed by atoms with Crippen molar-refractivity contribution < 1.29 is 15.0 Å². The summed E-state index contributed by atoms with van der Waals surface area (Å²) in [5.41, 5.74) is 1.08. The average molecular weight is 302 g/mol. The summed E-state index contributed by atoms with van der Waals surface area (Å²) in [4.78, 5) is 10.2. The molecule has 3 nitrogen and oxygen atoms in total. The maximum absolute atomic E-state index is 10.2. The number of carboxylic acids is 1. The largest absolute Gasteiger partial charge is 0.481 e. The summed E-state index contributed by atoms with van der Waals surface area (Å²) in [6.45, 7) is 0. The first-order valence-electron chi connectivity index (χ1n) is 4.65. The number of hydrogen-bond acceptors (Lipinski definition) is 2. The molecule has 0 aliphatic carbocycles. The Labute approximate surface area is 116 Å². The summed E-state index contributed by atoms with van der Waals surface area (Å²) in [6.07, 6.45) is 0.834. The second kappa shape index (κ2) is 13.6. The van der Waals surface area contributed by atoms with E-state index >= 15 is 0 Å². The minimum Gasteiger partial charge on any atom is -0.481 e. The van der Waals surface area contributed by atoms with Crippen LogP contribution in [0.4, 0.5) is 0 Å². The van der Waals surface area contributed by atoms with Crippen LogP contribution in [-0.2, 0) is 11.2 Å². The molecule has 2 N–H and O–H groups in total. The van der Waals surface area contributed by atoms with Crippen molar-refractivity contribution in [1.29, 1.82) is 0 Å². The van der Waals surface area contributed by atoms with E-state index in [0.29, 0.717) is 6.42 Å². The van der Waals surface area contributed by atoms with Crippen molar-refractivity contribution in [3.8, 4) is 0 Å². The quantitative estimate of drug-likeness (QED) is 0.842. The molecule has 0 radical (unpaired) electrons. The van der Waals surface area contributed by atoms with Crippen molar-refractivity contribution in [3.05, 3.63) is 35.9 Å². The van der Waals surface area contributed by atoms with E-state index in [4.69, 9.17) is 45.0 Å². The molecule has 0 atom stereocenters. The number of rotatable bonds is 3. The molecule has 6 heteroatoms. The molecular weight excluding hydrogens is 286 g/mol. The third-order valence-electron chi connectivity index (χ3n) is 1.47. The predicted molar refractivity (Wildman–Crippen MR) is 71.9 cm³/mol. The standard InChI is InChI=1S/C9H10O2.CHCl3.CH4O/c10-9(11)7-6-8-4-2-1-3-5-8;2-1(3)4;1-2/h1-5H,6-7H2,(H,10,11);1H;2H,1H3. The zero-order valence-corrected chi connectivity index (χ0v) is 11.6. The van der Waals surface area contributed by atoms with Crippen molar-refractivity contribution in [3.63, 3.8) is 0 Å². The number of aliphatic hydroxyl groups excluding tert-OH is 1. The Morgan fingerprint density at radius 3 is 1.94 bits per heavy atom. The second-order valence-corrected chi connectivity index (χ2v) is 4.61. The van der Waals surface area contributed by atoms with E-state index in [2.05, 4.69) is 0 Å². The van der Waals surface area contributed by atoms with Gasteiger partial charge in [0.05, 0.1) is 0 Å². The molecule has 0 saturated heterocycles.